The van der Waals surface area contributed by atoms with Crippen LogP contribution < -0.4 is 16.4 Å². The van der Waals surface area contributed by atoms with E-state index < -0.39 is 0 Å². The third-order valence-electron chi connectivity index (χ3n) is 2.09. The molecule has 1 heterocycles. The maximum Gasteiger partial charge on any atom is 0.182 e. The molecular weight excluding hydrogens is 202 g/mol. The van der Waals surface area contributed by atoms with Crippen LogP contribution in [-0.4, -0.2) is 18.4 Å². The van der Waals surface area contributed by atoms with E-state index in [1.165, 1.54) is 0 Å². The minimum atomic E-state index is -0.212. The summed E-state index contributed by atoms with van der Waals surface area (Å²) in [5.41, 5.74) is 9.00. The smallest absolute Gasteiger partial charge is 0.182 e. The van der Waals surface area contributed by atoms with Crippen LogP contribution in [0.3, 0.4) is 0 Å². The molecule has 1 aliphatic heterocycles. The van der Waals surface area contributed by atoms with E-state index in [4.69, 9.17) is 11.6 Å². The highest BCUT2D eigenvalue weighted by molar-refractivity contribution is 6.30. The van der Waals surface area contributed by atoms with Crippen molar-refractivity contribution in [2.45, 2.75) is 6.04 Å². The molecule has 1 atom stereocenters. The predicted molar refractivity (Wildman–Crippen MR) is 53.8 cm³/mol. The van der Waals surface area contributed by atoms with Crippen LogP contribution in [0.1, 0.15) is 10.4 Å². The third-order valence-corrected chi connectivity index (χ3v) is 2.34. The van der Waals surface area contributed by atoms with Crippen molar-refractivity contribution < 1.29 is 4.79 Å². The van der Waals surface area contributed by atoms with Crippen LogP contribution in [0.15, 0.2) is 24.3 Å². The summed E-state index contributed by atoms with van der Waals surface area (Å²) in [5.74, 6) is 0.0548. The first kappa shape index (κ1) is 9.61. The molecule has 4 nitrogen and oxygen atoms in total. The van der Waals surface area contributed by atoms with E-state index in [1.807, 2.05) is 0 Å². The van der Waals surface area contributed by atoms with Gasteiger partial charge in [-0.15, -0.1) is 0 Å². The first-order valence-corrected chi connectivity index (χ1v) is 4.68. The van der Waals surface area contributed by atoms with Gasteiger partial charge in [0.1, 0.15) is 0 Å². The Morgan fingerprint density at radius 3 is 2.64 bits per heavy atom. The van der Waals surface area contributed by atoms with E-state index in [0.29, 0.717) is 17.1 Å². The SMILES string of the molecule is O=C(c1ccc(Cl)cc1)C1CNNN1. The van der Waals surface area contributed by atoms with Gasteiger partial charge in [0, 0.05) is 17.1 Å². The minimum Gasteiger partial charge on any atom is -0.292 e. The van der Waals surface area contributed by atoms with Crippen molar-refractivity contribution in [2.75, 3.05) is 6.54 Å². The Balaban J connectivity index is 2.14. The third kappa shape index (κ3) is 1.93. The average Bonchev–Trinajstić information content (AvgIpc) is 2.71. The summed E-state index contributed by atoms with van der Waals surface area (Å²) in [6.07, 6.45) is 0. The maximum absolute atomic E-state index is 11.8. The molecule has 0 radical (unpaired) electrons. The highest BCUT2D eigenvalue weighted by Gasteiger charge is 2.22. The number of hydrogen-bond donors (Lipinski definition) is 3. The van der Waals surface area contributed by atoms with Crippen LogP contribution >= 0.6 is 11.6 Å². The lowest BCUT2D eigenvalue weighted by Crippen LogP contribution is -2.37. The summed E-state index contributed by atoms with van der Waals surface area (Å²) in [5, 5.41) is 0.636. The van der Waals surface area contributed by atoms with Crippen LogP contribution in [0, 0.1) is 0 Å². The van der Waals surface area contributed by atoms with Gasteiger partial charge in [0.15, 0.2) is 5.78 Å². The standard InChI is InChI=1S/C9H10ClN3O/c10-7-3-1-6(2-4-7)9(14)8-5-11-13-12-8/h1-4,8,11-13H,5H2. The average molecular weight is 212 g/mol. The van der Waals surface area contributed by atoms with E-state index in [1.54, 1.807) is 24.3 Å². The fourth-order valence-corrected chi connectivity index (χ4v) is 1.44. The van der Waals surface area contributed by atoms with Crippen molar-refractivity contribution in [3.63, 3.8) is 0 Å². The molecule has 1 saturated heterocycles. The van der Waals surface area contributed by atoms with E-state index in [-0.39, 0.29) is 11.8 Å². The van der Waals surface area contributed by atoms with Gasteiger partial charge in [-0.25, -0.2) is 10.9 Å². The zero-order valence-corrected chi connectivity index (χ0v) is 8.14. The number of carbonyl (C=O) groups is 1. The molecule has 1 aromatic rings. The summed E-state index contributed by atoms with van der Waals surface area (Å²) in [6, 6.07) is 6.67. The molecule has 0 aliphatic carbocycles. The summed E-state index contributed by atoms with van der Waals surface area (Å²) < 4.78 is 0. The Bertz CT molecular complexity index is 332. The number of benzene rings is 1. The van der Waals surface area contributed by atoms with Gasteiger partial charge >= 0.3 is 0 Å². The van der Waals surface area contributed by atoms with Crippen molar-refractivity contribution >= 4 is 17.4 Å². The molecule has 5 heteroatoms. The van der Waals surface area contributed by atoms with Crippen molar-refractivity contribution in [2.24, 2.45) is 0 Å². The van der Waals surface area contributed by atoms with Gasteiger partial charge in [-0.3, -0.25) is 4.79 Å². The lowest BCUT2D eigenvalue weighted by molar-refractivity contribution is 0.0954. The fourth-order valence-electron chi connectivity index (χ4n) is 1.32. The van der Waals surface area contributed by atoms with Gasteiger partial charge in [0.2, 0.25) is 0 Å². The Labute approximate surface area is 86.6 Å². The van der Waals surface area contributed by atoms with Gasteiger partial charge in [0.25, 0.3) is 0 Å². The van der Waals surface area contributed by atoms with Crippen LogP contribution in [0.4, 0.5) is 0 Å². The summed E-state index contributed by atoms with van der Waals surface area (Å²) in [4.78, 5) is 11.8. The Hall–Kier alpha value is -0.940. The molecule has 1 fully saturated rings. The van der Waals surface area contributed by atoms with Crippen molar-refractivity contribution in [1.82, 2.24) is 16.4 Å². The van der Waals surface area contributed by atoms with E-state index >= 15 is 0 Å². The Morgan fingerprint density at radius 2 is 2.07 bits per heavy atom. The van der Waals surface area contributed by atoms with Gasteiger partial charge in [-0.05, 0) is 24.3 Å². The second kappa shape index (κ2) is 4.06. The maximum atomic E-state index is 11.8. The summed E-state index contributed by atoms with van der Waals surface area (Å²) >= 11 is 5.72. The molecule has 1 aliphatic rings. The largest absolute Gasteiger partial charge is 0.292 e. The highest BCUT2D eigenvalue weighted by atomic mass is 35.5. The number of Topliss-reactive ketones (excluding diaryl/α,β-unsaturated/α-hetero) is 1. The van der Waals surface area contributed by atoms with Gasteiger partial charge in [-0.1, -0.05) is 11.6 Å². The van der Waals surface area contributed by atoms with E-state index in [0.717, 1.165) is 0 Å². The van der Waals surface area contributed by atoms with Gasteiger partial charge in [-0.2, -0.15) is 5.53 Å². The first-order valence-electron chi connectivity index (χ1n) is 4.30. The molecule has 2 rings (SSSR count). The molecule has 1 aromatic carbocycles. The number of nitrogens with one attached hydrogen (secondary N) is 3. The molecule has 1 unspecified atom stereocenters. The second-order valence-electron chi connectivity index (χ2n) is 3.07. The topological polar surface area (TPSA) is 53.2 Å². The monoisotopic (exact) mass is 211 g/mol. The summed E-state index contributed by atoms with van der Waals surface area (Å²) in [7, 11) is 0. The number of ketones is 1. The van der Waals surface area contributed by atoms with E-state index in [9.17, 15) is 4.79 Å². The molecule has 0 amide bonds. The van der Waals surface area contributed by atoms with Crippen LogP contribution in [0.2, 0.25) is 5.02 Å². The Morgan fingerprint density at radius 1 is 1.36 bits per heavy atom. The number of hydrogen-bond acceptors (Lipinski definition) is 4. The Kier molecular flexibility index (Phi) is 2.79. The minimum absolute atomic E-state index is 0.0548. The summed E-state index contributed by atoms with van der Waals surface area (Å²) in [6.45, 7) is 0.585. The van der Waals surface area contributed by atoms with Crippen LogP contribution in [0.5, 0.6) is 0 Å². The number of rotatable bonds is 2. The molecule has 14 heavy (non-hydrogen) atoms. The molecule has 0 bridgehead atoms. The lowest BCUT2D eigenvalue weighted by atomic mass is 10.1. The zero-order chi connectivity index (χ0) is 9.97. The van der Waals surface area contributed by atoms with E-state index in [2.05, 4.69) is 16.4 Å². The molecule has 0 saturated carbocycles. The molecule has 0 spiro atoms. The normalized spacial score (nSPS) is 21.1. The molecule has 74 valence electrons. The van der Waals surface area contributed by atoms with Crippen molar-refractivity contribution in [3.8, 4) is 0 Å². The lowest BCUT2D eigenvalue weighted by Gasteiger charge is -2.06. The molecule has 0 aromatic heterocycles. The van der Waals surface area contributed by atoms with Gasteiger partial charge < -0.3 is 0 Å². The number of hydrazine groups is 2. The molecular formula is C9H10ClN3O. The molecule has 3 N–H and O–H groups in total. The highest BCUT2D eigenvalue weighted by Crippen LogP contribution is 2.11. The van der Waals surface area contributed by atoms with Crippen molar-refractivity contribution in [3.05, 3.63) is 34.9 Å². The van der Waals surface area contributed by atoms with Gasteiger partial charge in [0.05, 0.1) is 6.04 Å². The second-order valence-corrected chi connectivity index (χ2v) is 3.51. The van der Waals surface area contributed by atoms with Crippen molar-refractivity contribution in [1.29, 1.82) is 0 Å². The van der Waals surface area contributed by atoms with Crippen LogP contribution in [-0.2, 0) is 0 Å². The fraction of sp³-hybridized carbons (Fsp3) is 0.222. The predicted octanol–water partition coefficient (Wildman–Crippen LogP) is 0.504. The number of halogens is 1. The number of carbonyl (C=O) groups excluding carboxylic acids is 1. The van der Waals surface area contributed by atoms with Crippen LogP contribution in [0.25, 0.3) is 0 Å². The zero-order valence-electron chi connectivity index (χ0n) is 7.38. The first-order chi connectivity index (χ1) is 6.77. The quantitative estimate of drug-likeness (QED) is 0.624.